The van der Waals surface area contributed by atoms with E-state index in [1.54, 1.807) is 0 Å². The molecule has 152 valence electrons. The zero-order valence-corrected chi connectivity index (χ0v) is 17.5. The van der Waals surface area contributed by atoms with Gasteiger partial charge in [0.1, 0.15) is 0 Å². The van der Waals surface area contributed by atoms with Crippen molar-refractivity contribution in [1.82, 2.24) is 19.9 Å². The third-order valence-corrected chi connectivity index (χ3v) is 5.88. The zero-order chi connectivity index (χ0) is 20.4. The first-order chi connectivity index (χ1) is 14.0. The van der Waals surface area contributed by atoms with Gasteiger partial charge in [-0.1, -0.05) is 18.2 Å². The van der Waals surface area contributed by atoms with Crippen molar-refractivity contribution in [3.05, 3.63) is 59.0 Å². The van der Waals surface area contributed by atoms with Crippen molar-refractivity contribution in [3.8, 4) is 0 Å². The number of anilines is 1. The molecule has 6 heteroatoms. The summed E-state index contributed by atoms with van der Waals surface area (Å²) in [7, 11) is 0. The fraction of sp³-hybridized carbons (Fsp3) is 0.435. The number of benzene rings is 1. The molecule has 1 N–H and O–H groups in total. The van der Waals surface area contributed by atoms with E-state index >= 15 is 0 Å². The molecule has 3 aromatic rings. The van der Waals surface area contributed by atoms with Crippen LogP contribution >= 0.6 is 0 Å². The molecule has 0 aliphatic carbocycles. The summed E-state index contributed by atoms with van der Waals surface area (Å²) in [4.78, 5) is 19.5. The minimum absolute atomic E-state index is 0.110. The Labute approximate surface area is 171 Å². The van der Waals surface area contributed by atoms with Gasteiger partial charge in [-0.15, -0.1) is 0 Å². The fourth-order valence-corrected chi connectivity index (χ4v) is 4.26. The molecule has 3 heterocycles. The minimum atomic E-state index is 0.110. The van der Waals surface area contributed by atoms with Crippen LogP contribution in [0, 0.1) is 26.7 Å². The quantitative estimate of drug-likeness (QED) is 0.701. The minimum Gasteiger partial charge on any atom is -0.371 e. The van der Waals surface area contributed by atoms with Gasteiger partial charge < -0.3 is 10.2 Å². The summed E-state index contributed by atoms with van der Waals surface area (Å²) in [5, 5.41) is 7.65. The smallest absolute Gasteiger partial charge is 0.220 e. The van der Waals surface area contributed by atoms with Crippen LogP contribution in [0.4, 0.5) is 5.69 Å². The van der Waals surface area contributed by atoms with Crippen LogP contribution in [0.3, 0.4) is 0 Å². The van der Waals surface area contributed by atoms with E-state index in [0.29, 0.717) is 18.8 Å². The maximum atomic E-state index is 12.4. The Morgan fingerprint density at radius 1 is 1.21 bits per heavy atom. The molecule has 1 amide bonds. The second kappa shape index (κ2) is 8.23. The number of hydrogen-bond acceptors (Lipinski definition) is 4. The number of nitrogens with one attached hydrogen (secondary N) is 1. The van der Waals surface area contributed by atoms with E-state index in [2.05, 4.69) is 51.5 Å². The molecular weight excluding hydrogens is 362 g/mol. The number of aromatic nitrogens is 3. The highest BCUT2D eigenvalue weighted by Gasteiger charge is 2.23. The summed E-state index contributed by atoms with van der Waals surface area (Å²) in [6.07, 6.45) is 2.28. The van der Waals surface area contributed by atoms with Crippen LogP contribution in [-0.2, 0) is 11.2 Å². The number of fused-ring (bicyclic) bond motifs is 1. The van der Waals surface area contributed by atoms with E-state index in [1.807, 2.05) is 30.5 Å². The summed E-state index contributed by atoms with van der Waals surface area (Å²) in [5.74, 6) is 0.617. The largest absolute Gasteiger partial charge is 0.371 e. The van der Waals surface area contributed by atoms with Gasteiger partial charge in [0.2, 0.25) is 5.91 Å². The third kappa shape index (κ3) is 4.26. The number of rotatable bonds is 6. The number of aryl methyl sites for hydroxylation is 3. The van der Waals surface area contributed by atoms with Crippen LogP contribution in [0.15, 0.2) is 36.4 Å². The number of nitrogens with zero attached hydrogens (tertiary/aromatic N) is 4. The number of para-hydroxylation sites is 1. The number of carbonyl (C=O) groups excluding carboxylic acids is 1. The van der Waals surface area contributed by atoms with Crippen molar-refractivity contribution in [1.29, 1.82) is 0 Å². The van der Waals surface area contributed by atoms with E-state index in [-0.39, 0.29) is 5.91 Å². The van der Waals surface area contributed by atoms with Crippen LogP contribution in [0.5, 0.6) is 0 Å². The molecular formula is C23H29N5O. The first kappa shape index (κ1) is 19.4. The molecule has 0 radical (unpaired) electrons. The van der Waals surface area contributed by atoms with E-state index in [4.69, 9.17) is 0 Å². The zero-order valence-electron chi connectivity index (χ0n) is 17.5. The summed E-state index contributed by atoms with van der Waals surface area (Å²) in [5.41, 5.74) is 6.27. The molecule has 1 atom stereocenters. The Morgan fingerprint density at radius 2 is 2.00 bits per heavy atom. The van der Waals surface area contributed by atoms with Crippen LogP contribution in [0.25, 0.3) is 5.65 Å². The van der Waals surface area contributed by atoms with Crippen molar-refractivity contribution in [2.75, 3.05) is 24.5 Å². The molecule has 4 rings (SSSR count). The van der Waals surface area contributed by atoms with Gasteiger partial charge in [0.25, 0.3) is 0 Å². The Morgan fingerprint density at radius 3 is 2.79 bits per heavy atom. The Balaban J connectivity index is 1.29. The van der Waals surface area contributed by atoms with E-state index in [1.165, 1.54) is 5.69 Å². The van der Waals surface area contributed by atoms with Crippen LogP contribution < -0.4 is 10.2 Å². The van der Waals surface area contributed by atoms with Crippen molar-refractivity contribution in [2.24, 2.45) is 5.92 Å². The Kier molecular flexibility index (Phi) is 5.51. The lowest BCUT2D eigenvalue weighted by Gasteiger charge is -2.18. The maximum Gasteiger partial charge on any atom is 0.220 e. The average Bonchev–Trinajstić information content (AvgIpc) is 3.33. The molecule has 6 nitrogen and oxygen atoms in total. The lowest BCUT2D eigenvalue weighted by atomic mass is 10.1. The monoisotopic (exact) mass is 391 g/mol. The van der Waals surface area contributed by atoms with Gasteiger partial charge in [0.05, 0.1) is 5.69 Å². The van der Waals surface area contributed by atoms with Crippen molar-refractivity contribution in [2.45, 2.75) is 40.0 Å². The van der Waals surface area contributed by atoms with Crippen molar-refractivity contribution in [3.63, 3.8) is 0 Å². The standard InChI is InChI=1S/C23H29N5O/c1-16-13-22-25-17(2)21(18(3)28(22)26-16)9-10-23(29)24-14-19-11-12-27(15-19)20-7-5-4-6-8-20/h4-8,13,19H,9-12,14-15H2,1-3H3,(H,24,29). The average molecular weight is 392 g/mol. The number of carbonyl (C=O) groups is 1. The van der Waals surface area contributed by atoms with Crippen molar-refractivity contribution >= 4 is 17.2 Å². The van der Waals surface area contributed by atoms with Gasteiger partial charge in [-0.3, -0.25) is 4.79 Å². The van der Waals surface area contributed by atoms with Gasteiger partial charge in [-0.05, 0) is 57.2 Å². The molecule has 29 heavy (non-hydrogen) atoms. The van der Waals surface area contributed by atoms with Gasteiger partial charge in [-0.25, -0.2) is 9.50 Å². The Hall–Kier alpha value is -2.89. The topological polar surface area (TPSA) is 62.5 Å². The third-order valence-electron chi connectivity index (χ3n) is 5.88. The summed E-state index contributed by atoms with van der Waals surface area (Å²) in [6, 6.07) is 12.5. The molecule has 0 bridgehead atoms. The Bertz CT molecular complexity index is 1010. The normalized spacial score (nSPS) is 16.5. The lowest BCUT2D eigenvalue weighted by molar-refractivity contribution is -0.121. The predicted octanol–water partition coefficient (Wildman–Crippen LogP) is 3.23. The van der Waals surface area contributed by atoms with Gasteiger partial charge >= 0.3 is 0 Å². The first-order valence-electron chi connectivity index (χ1n) is 10.4. The molecule has 1 saturated heterocycles. The highest BCUT2D eigenvalue weighted by Crippen LogP contribution is 2.23. The second-order valence-electron chi connectivity index (χ2n) is 8.06. The first-order valence-corrected chi connectivity index (χ1v) is 10.4. The number of amides is 1. The summed E-state index contributed by atoms with van der Waals surface area (Å²) >= 11 is 0. The van der Waals surface area contributed by atoms with Gasteiger partial charge in [0.15, 0.2) is 5.65 Å². The molecule has 2 aromatic heterocycles. The molecule has 1 fully saturated rings. The van der Waals surface area contributed by atoms with Gasteiger partial charge in [-0.2, -0.15) is 5.10 Å². The highest BCUT2D eigenvalue weighted by atomic mass is 16.1. The molecule has 0 spiro atoms. The lowest BCUT2D eigenvalue weighted by Crippen LogP contribution is -2.31. The van der Waals surface area contributed by atoms with Crippen molar-refractivity contribution < 1.29 is 4.79 Å². The fourth-order valence-electron chi connectivity index (χ4n) is 4.26. The summed E-state index contributed by atoms with van der Waals surface area (Å²) in [6.45, 7) is 8.84. The van der Waals surface area contributed by atoms with E-state index in [0.717, 1.165) is 54.3 Å². The molecule has 1 aliphatic heterocycles. The number of hydrogen-bond donors (Lipinski definition) is 1. The molecule has 1 aromatic carbocycles. The van der Waals surface area contributed by atoms with Crippen LogP contribution in [0.1, 0.15) is 35.5 Å². The molecule has 1 aliphatic rings. The second-order valence-corrected chi connectivity index (χ2v) is 8.06. The predicted molar refractivity (Wildman–Crippen MR) is 115 cm³/mol. The van der Waals surface area contributed by atoms with Crippen LogP contribution in [-0.4, -0.2) is 40.1 Å². The maximum absolute atomic E-state index is 12.4. The SMILES string of the molecule is Cc1cc2nc(C)c(CCC(=O)NCC3CCN(c4ccccc4)C3)c(C)n2n1. The van der Waals surface area contributed by atoms with Crippen LogP contribution in [0.2, 0.25) is 0 Å². The highest BCUT2D eigenvalue weighted by molar-refractivity contribution is 5.76. The summed E-state index contributed by atoms with van der Waals surface area (Å²) < 4.78 is 1.88. The molecule has 1 unspecified atom stereocenters. The van der Waals surface area contributed by atoms with Gasteiger partial charge in [0, 0.05) is 49.2 Å². The van der Waals surface area contributed by atoms with E-state index < -0.39 is 0 Å². The van der Waals surface area contributed by atoms with E-state index in [9.17, 15) is 4.79 Å². The molecule has 0 saturated carbocycles.